The SMILES string of the molecule is O=C1CC/[N+](=C\c2ccc([N+](=O)[O-])cc2)N1. The molecule has 1 aromatic carbocycles. The smallest absolute Gasteiger partial charge is 0.269 e. The molecule has 0 unspecified atom stereocenters. The molecule has 1 aliphatic heterocycles. The van der Waals surface area contributed by atoms with Gasteiger partial charge < -0.3 is 0 Å². The van der Waals surface area contributed by atoms with Crippen LogP contribution in [0.5, 0.6) is 0 Å². The number of carbonyl (C=O) groups is 1. The van der Waals surface area contributed by atoms with Gasteiger partial charge in [-0.05, 0) is 12.1 Å². The molecule has 1 fully saturated rings. The third kappa shape index (κ3) is 2.22. The fraction of sp³-hybridized carbons (Fsp3) is 0.200. The second-order valence-corrected chi connectivity index (χ2v) is 3.46. The number of nitrogens with zero attached hydrogens (tertiary/aromatic N) is 2. The number of rotatable bonds is 2. The Bertz CT molecular complexity index is 465. The fourth-order valence-electron chi connectivity index (χ4n) is 1.45. The van der Waals surface area contributed by atoms with Crippen LogP contribution in [0.4, 0.5) is 5.69 Å². The minimum Gasteiger partial charge on any atom is -0.269 e. The van der Waals surface area contributed by atoms with E-state index in [0.717, 1.165) is 5.56 Å². The molecule has 1 heterocycles. The summed E-state index contributed by atoms with van der Waals surface area (Å²) >= 11 is 0. The predicted molar refractivity (Wildman–Crippen MR) is 56.1 cm³/mol. The molecule has 2 rings (SSSR count). The first kappa shape index (κ1) is 10.3. The second-order valence-electron chi connectivity index (χ2n) is 3.46. The Morgan fingerprint density at radius 2 is 2.06 bits per heavy atom. The molecule has 1 amide bonds. The van der Waals surface area contributed by atoms with Crippen molar-refractivity contribution in [3.63, 3.8) is 0 Å². The molecule has 0 radical (unpaired) electrons. The average molecular weight is 220 g/mol. The molecule has 6 nitrogen and oxygen atoms in total. The van der Waals surface area contributed by atoms with Crippen molar-refractivity contribution >= 4 is 17.8 Å². The van der Waals surface area contributed by atoms with E-state index in [2.05, 4.69) is 5.43 Å². The van der Waals surface area contributed by atoms with Crippen LogP contribution < -0.4 is 5.43 Å². The van der Waals surface area contributed by atoms with Gasteiger partial charge in [-0.25, -0.2) is 0 Å². The standard InChI is InChI=1S/C10H9N3O3/c14-10-5-6-12(11-10)7-8-1-3-9(4-2-8)13(15)16/h1-4,7H,5-6H2/p+1/b12-7+. The lowest BCUT2D eigenvalue weighted by Gasteiger charge is -1.93. The van der Waals surface area contributed by atoms with Crippen molar-refractivity contribution in [1.29, 1.82) is 0 Å². The van der Waals surface area contributed by atoms with E-state index in [1.807, 2.05) is 0 Å². The van der Waals surface area contributed by atoms with Crippen LogP contribution in [0.2, 0.25) is 0 Å². The highest BCUT2D eigenvalue weighted by Crippen LogP contribution is 2.10. The number of non-ortho nitro benzene ring substituents is 1. The van der Waals surface area contributed by atoms with Crippen LogP contribution in [0, 0.1) is 10.1 Å². The average Bonchev–Trinajstić information content (AvgIpc) is 2.65. The summed E-state index contributed by atoms with van der Waals surface area (Å²) in [6.45, 7) is 0.621. The van der Waals surface area contributed by atoms with Crippen LogP contribution in [0.1, 0.15) is 12.0 Å². The van der Waals surface area contributed by atoms with Gasteiger partial charge in [-0.2, -0.15) is 0 Å². The molecule has 1 aliphatic rings. The first-order chi connectivity index (χ1) is 7.65. The number of nitro groups is 1. The number of nitro benzene ring substituents is 1. The van der Waals surface area contributed by atoms with Crippen LogP contribution in [-0.4, -0.2) is 28.3 Å². The van der Waals surface area contributed by atoms with Gasteiger partial charge in [0.1, 0.15) is 0 Å². The zero-order chi connectivity index (χ0) is 11.5. The number of hydrazine groups is 1. The number of benzene rings is 1. The van der Waals surface area contributed by atoms with Gasteiger partial charge in [-0.3, -0.25) is 14.9 Å². The summed E-state index contributed by atoms with van der Waals surface area (Å²) in [6.07, 6.45) is 2.22. The van der Waals surface area contributed by atoms with E-state index in [0.29, 0.717) is 13.0 Å². The van der Waals surface area contributed by atoms with E-state index in [1.165, 1.54) is 12.1 Å². The van der Waals surface area contributed by atoms with Gasteiger partial charge in [0.25, 0.3) is 11.6 Å². The maximum absolute atomic E-state index is 10.9. The van der Waals surface area contributed by atoms with Crippen molar-refractivity contribution in [3.8, 4) is 0 Å². The lowest BCUT2D eigenvalue weighted by Crippen LogP contribution is -2.25. The van der Waals surface area contributed by atoms with Crippen molar-refractivity contribution in [3.05, 3.63) is 39.9 Å². The Balaban J connectivity index is 2.16. The molecule has 82 valence electrons. The Labute approximate surface area is 91.3 Å². The van der Waals surface area contributed by atoms with E-state index < -0.39 is 4.92 Å². The molecule has 0 aromatic heterocycles. The highest BCUT2D eigenvalue weighted by molar-refractivity contribution is 5.79. The highest BCUT2D eigenvalue weighted by atomic mass is 16.6. The molecule has 0 spiro atoms. The fourth-order valence-corrected chi connectivity index (χ4v) is 1.45. The van der Waals surface area contributed by atoms with Gasteiger partial charge in [0.05, 0.1) is 11.3 Å². The van der Waals surface area contributed by atoms with Crippen molar-refractivity contribution < 1.29 is 14.4 Å². The third-order valence-corrected chi connectivity index (χ3v) is 2.26. The van der Waals surface area contributed by atoms with Crippen molar-refractivity contribution in [2.45, 2.75) is 6.42 Å². The maximum Gasteiger partial charge on any atom is 0.280 e. The van der Waals surface area contributed by atoms with Gasteiger partial charge >= 0.3 is 0 Å². The molecule has 1 N–H and O–H groups in total. The van der Waals surface area contributed by atoms with Crippen molar-refractivity contribution in [2.24, 2.45) is 0 Å². The van der Waals surface area contributed by atoms with Gasteiger partial charge in [0.15, 0.2) is 6.54 Å². The van der Waals surface area contributed by atoms with E-state index in [4.69, 9.17) is 0 Å². The molecule has 1 aromatic rings. The molecular weight excluding hydrogens is 210 g/mol. The summed E-state index contributed by atoms with van der Waals surface area (Å²) in [5.41, 5.74) is 3.52. The summed E-state index contributed by atoms with van der Waals surface area (Å²) in [5, 5.41) is 10.4. The topological polar surface area (TPSA) is 75.2 Å². The molecule has 0 aliphatic carbocycles. The van der Waals surface area contributed by atoms with E-state index >= 15 is 0 Å². The number of hydrogen-bond donors (Lipinski definition) is 1. The maximum atomic E-state index is 10.9. The third-order valence-electron chi connectivity index (χ3n) is 2.26. The molecule has 0 saturated carbocycles. The van der Waals surface area contributed by atoms with E-state index in [-0.39, 0.29) is 11.6 Å². The molecule has 0 atom stereocenters. The summed E-state index contributed by atoms with van der Waals surface area (Å²) < 4.78 is 1.67. The number of hydrazone groups is 1. The quantitative estimate of drug-likeness (QED) is 0.447. The molecule has 16 heavy (non-hydrogen) atoms. The molecular formula is C10H10N3O3+. The van der Waals surface area contributed by atoms with Crippen LogP contribution in [-0.2, 0) is 4.79 Å². The number of hydrogen-bond acceptors (Lipinski definition) is 3. The van der Waals surface area contributed by atoms with Crippen molar-refractivity contribution in [2.75, 3.05) is 6.54 Å². The van der Waals surface area contributed by atoms with E-state index in [9.17, 15) is 14.9 Å². The Morgan fingerprint density at radius 1 is 1.38 bits per heavy atom. The van der Waals surface area contributed by atoms with Crippen LogP contribution >= 0.6 is 0 Å². The van der Waals surface area contributed by atoms with Crippen LogP contribution in [0.3, 0.4) is 0 Å². The summed E-state index contributed by atoms with van der Waals surface area (Å²) in [4.78, 5) is 20.9. The number of nitrogens with one attached hydrogen (secondary N) is 1. The minimum absolute atomic E-state index is 0.0156. The van der Waals surface area contributed by atoms with Crippen molar-refractivity contribution in [1.82, 2.24) is 5.43 Å². The van der Waals surface area contributed by atoms with Crippen LogP contribution in [0.15, 0.2) is 24.3 Å². The molecule has 0 bridgehead atoms. The van der Waals surface area contributed by atoms with Gasteiger partial charge in [-0.15, -0.1) is 10.1 Å². The zero-order valence-electron chi connectivity index (χ0n) is 8.42. The summed E-state index contributed by atoms with van der Waals surface area (Å²) in [6, 6.07) is 6.15. The normalized spacial score (nSPS) is 17.5. The summed E-state index contributed by atoms with van der Waals surface area (Å²) in [7, 11) is 0. The lowest BCUT2D eigenvalue weighted by molar-refractivity contribution is -0.553. The lowest BCUT2D eigenvalue weighted by atomic mass is 10.2. The van der Waals surface area contributed by atoms with Gasteiger partial charge in [0, 0.05) is 17.7 Å². The molecule has 1 saturated heterocycles. The predicted octanol–water partition coefficient (Wildman–Crippen LogP) is 0.461. The van der Waals surface area contributed by atoms with E-state index in [1.54, 1.807) is 23.0 Å². The monoisotopic (exact) mass is 220 g/mol. The molecule has 6 heteroatoms. The van der Waals surface area contributed by atoms with Gasteiger partial charge in [0.2, 0.25) is 6.21 Å². The van der Waals surface area contributed by atoms with Gasteiger partial charge in [-0.1, -0.05) is 0 Å². The summed E-state index contributed by atoms with van der Waals surface area (Å²) in [5.74, 6) is -0.0156. The minimum atomic E-state index is -0.443. The Morgan fingerprint density at radius 3 is 2.56 bits per heavy atom. The first-order valence-corrected chi connectivity index (χ1v) is 4.80. The number of carbonyl (C=O) groups excluding carboxylic acids is 1. The highest BCUT2D eigenvalue weighted by Gasteiger charge is 2.20. The Hall–Kier alpha value is -2.24. The zero-order valence-corrected chi connectivity index (χ0v) is 8.42. The van der Waals surface area contributed by atoms with Crippen LogP contribution in [0.25, 0.3) is 0 Å². The number of amides is 1. The largest absolute Gasteiger partial charge is 0.280 e. The second kappa shape index (κ2) is 4.09. The first-order valence-electron chi connectivity index (χ1n) is 4.80. The Kier molecular flexibility index (Phi) is 2.63.